The molecule has 23 heavy (non-hydrogen) atoms. The second kappa shape index (κ2) is 6.44. The number of rotatable bonds is 7. The Morgan fingerprint density at radius 2 is 2.13 bits per heavy atom. The molecule has 2 rings (SSSR count). The molecule has 124 valence electrons. The van der Waals surface area contributed by atoms with E-state index in [0.29, 0.717) is 25.5 Å². The first kappa shape index (κ1) is 17.1. The highest BCUT2D eigenvalue weighted by Crippen LogP contribution is 2.36. The van der Waals surface area contributed by atoms with Gasteiger partial charge in [-0.15, -0.1) is 12.3 Å². The number of carbonyl (C=O) groups excluding carboxylic acids is 1. The third kappa shape index (κ3) is 4.34. The normalized spacial score (nSPS) is 15.3. The summed E-state index contributed by atoms with van der Waals surface area (Å²) in [6.45, 7) is 1.67. The predicted molar refractivity (Wildman–Crippen MR) is 75.4 cm³/mol. The molecule has 0 saturated carbocycles. The Morgan fingerprint density at radius 1 is 1.43 bits per heavy atom. The van der Waals surface area contributed by atoms with Crippen molar-refractivity contribution in [2.45, 2.75) is 44.4 Å². The molecule has 1 aromatic heterocycles. The largest absolute Gasteiger partial charge is 0.469 e. The van der Waals surface area contributed by atoms with E-state index in [9.17, 15) is 18.0 Å². The maximum atomic E-state index is 12.8. The summed E-state index contributed by atoms with van der Waals surface area (Å²) in [4.78, 5) is 11.8. The van der Waals surface area contributed by atoms with Crippen molar-refractivity contribution in [2.24, 2.45) is 10.2 Å². The summed E-state index contributed by atoms with van der Waals surface area (Å²) in [5, 5.41) is 10.4. The van der Waals surface area contributed by atoms with Gasteiger partial charge in [0.1, 0.15) is 12.0 Å². The van der Waals surface area contributed by atoms with E-state index in [-0.39, 0.29) is 24.3 Å². The quantitative estimate of drug-likeness (QED) is 0.781. The first-order valence-electron chi connectivity index (χ1n) is 7.06. The van der Waals surface area contributed by atoms with Crippen LogP contribution in [0, 0.1) is 19.3 Å². The summed E-state index contributed by atoms with van der Waals surface area (Å²) in [5.74, 6) is 2.08. The van der Waals surface area contributed by atoms with Crippen LogP contribution in [0.15, 0.2) is 20.9 Å². The number of amides is 1. The maximum absolute atomic E-state index is 12.8. The molecular weight excluding hydrogens is 311 g/mol. The van der Waals surface area contributed by atoms with Crippen LogP contribution in [0.25, 0.3) is 0 Å². The fraction of sp³-hybridized carbons (Fsp3) is 0.533. The lowest BCUT2D eigenvalue weighted by molar-refractivity contribution is -0.138. The lowest BCUT2D eigenvalue weighted by atomic mass is 10.0. The highest BCUT2D eigenvalue weighted by Gasteiger charge is 2.39. The Morgan fingerprint density at radius 3 is 2.70 bits per heavy atom. The van der Waals surface area contributed by atoms with E-state index in [4.69, 9.17) is 10.8 Å². The molecule has 1 amide bonds. The number of halogens is 3. The van der Waals surface area contributed by atoms with Crippen molar-refractivity contribution in [1.29, 1.82) is 0 Å². The Bertz CT molecular complexity index is 650. The van der Waals surface area contributed by atoms with Gasteiger partial charge < -0.3 is 9.73 Å². The smallest absolute Gasteiger partial charge is 0.419 e. The van der Waals surface area contributed by atoms with Gasteiger partial charge in [-0.1, -0.05) is 0 Å². The molecule has 2 heterocycles. The van der Waals surface area contributed by atoms with Crippen molar-refractivity contribution < 1.29 is 22.4 Å². The fourth-order valence-corrected chi connectivity index (χ4v) is 2.23. The molecule has 5 nitrogen and oxygen atoms in total. The van der Waals surface area contributed by atoms with Gasteiger partial charge in [-0.2, -0.15) is 23.4 Å². The standard InChI is InChI=1S/C15H16F3N3O2/c1-3-4-5-14(20-21-14)6-7-19-13(22)8-11-10(2)23-9-12(11)15(16,17)18/h1,9H,4-8H2,2H3,(H,19,22). The van der Waals surface area contributed by atoms with Crippen LogP contribution < -0.4 is 5.32 Å². The Balaban J connectivity index is 1.84. The highest BCUT2D eigenvalue weighted by atomic mass is 19.4. The van der Waals surface area contributed by atoms with Gasteiger partial charge in [-0.25, -0.2) is 0 Å². The fourth-order valence-electron chi connectivity index (χ4n) is 2.23. The second-order valence-corrected chi connectivity index (χ2v) is 5.35. The zero-order chi connectivity index (χ0) is 17.1. The second-order valence-electron chi connectivity index (χ2n) is 5.35. The minimum absolute atomic E-state index is 0.0881. The summed E-state index contributed by atoms with van der Waals surface area (Å²) in [6.07, 6.45) is 2.50. The van der Waals surface area contributed by atoms with E-state index >= 15 is 0 Å². The number of nitrogens with one attached hydrogen (secondary N) is 1. The van der Waals surface area contributed by atoms with Crippen LogP contribution in [0.1, 0.15) is 36.1 Å². The average Bonchev–Trinajstić information content (AvgIpc) is 3.13. The molecule has 0 atom stereocenters. The number of carbonyl (C=O) groups is 1. The lowest BCUT2D eigenvalue weighted by Gasteiger charge is -2.11. The number of hydrogen-bond acceptors (Lipinski definition) is 4. The van der Waals surface area contributed by atoms with E-state index in [2.05, 4.69) is 21.5 Å². The molecule has 0 aliphatic carbocycles. The van der Waals surface area contributed by atoms with Gasteiger partial charge in [0.2, 0.25) is 5.91 Å². The predicted octanol–water partition coefficient (Wildman–Crippen LogP) is 3.23. The van der Waals surface area contributed by atoms with Crippen LogP contribution in [0.5, 0.6) is 0 Å². The summed E-state index contributed by atoms with van der Waals surface area (Å²) >= 11 is 0. The van der Waals surface area contributed by atoms with Crippen LogP contribution in [-0.2, 0) is 17.4 Å². The van der Waals surface area contributed by atoms with Crippen LogP contribution in [0.3, 0.4) is 0 Å². The zero-order valence-electron chi connectivity index (χ0n) is 12.5. The zero-order valence-corrected chi connectivity index (χ0v) is 12.5. The molecule has 1 N–H and O–H groups in total. The molecule has 0 spiro atoms. The van der Waals surface area contributed by atoms with E-state index in [0.717, 1.165) is 0 Å². The molecule has 0 unspecified atom stereocenters. The maximum Gasteiger partial charge on any atom is 0.419 e. The molecule has 0 fully saturated rings. The number of hydrogen-bond donors (Lipinski definition) is 1. The third-order valence-corrected chi connectivity index (χ3v) is 3.65. The van der Waals surface area contributed by atoms with Crippen molar-refractivity contribution in [2.75, 3.05) is 6.54 Å². The van der Waals surface area contributed by atoms with E-state index in [1.54, 1.807) is 0 Å². The van der Waals surface area contributed by atoms with Gasteiger partial charge in [-0.3, -0.25) is 4.79 Å². The molecule has 0 saturated heterocycles. The average molecular weight is 327 g/mol. The van der Waals surface area contributed by atoms with Crippen LogP contribution in [0.4, 0.5) is 13.2 Å². The summed E-state index contributed by atoms with van der Waals surface area (Å²) in [5.41, 5.74) is -1.58. The monoisotopic (exact) mass is 327 g/mol. The van der Waals surface area contributed by atoms with Crippen molar-refractivity contribution in [1.82, 2.24) is 5.32 Å². The Labute approximate surface area is 131 Å². The van der Waals surface area contributed by atoms with Crippen molar-refractivity contribution in [3.8, 4) is 12.3 Å². The summed E-state index contributed by atoms with van der Waals surface area (Å²) < 4.78 is 43.2. The molecule has 1 aliphatic rings. The minimum Gasteiger partial charge on any atom is -0.469 e. The highest BCUT2D eigenvalue weighted by molar-refractivity contribution is 5.79. The van der Waals surface area contributed by atoms with E-state index in [1.165, 1.54) is 6.92 Å². The topological polar surface area (TPSA) is 67.0 Å². The van der Waals surface area contributed by atoms with E-state index < -0.39 is 23.3 Å². The summed E-state index contributed by atoms with van der Waals surface area (Å²) in [6, 6.07) is 0. The van der Waals surface area contributed by atoms with Crippen molar-refractivity contribution in [3.05, 3.63) is 23.2 Å². The molecule has 1 aliphatic heterocycles. The van der Waals surface area contributed by atoms with E-state index in [1.807, 2.05) is 0 Å². The number of terminal acetylenes is 1. The number of nitrogens with zero attached hydrogens (tertiary/aromatic N) is 2. The number of furan rings is 1. The number of aryl methyl sites for hydroxylation is 1. The molecule has 0 radical (unpaired) electrons. The van der Waals surface area contributed by atoms with Crippen LogP contribution in [-0.4, -0.2) is 18.1 Å². The van der Waals surface area contributed by atoms with Crippen LogP contribution in [0.2, 0.25) is 0 Å². The first-order valence-corrected chi connectivity index (χ1v) is 7.06. The Kier molecular flexibility index (Phi) is 4.78. The lowest BCUT2D eigenvalue weighted by Crippen LogP contribution is -2.30. The molecule has 1 aromatic rings. The van der Waals surface area contributed by atoms with Crippen molar-refractivity contribution >= 4 is 5.91 Å². The minimum atomic E-state index is -4.54. The number of alkyl halides is 3. The summed E-state index contributed by atoms with van der Waals surface area (Å²) in [7, 11) is 0. The van der Waals surface area contributed by atoms with Gasteiger partial charge in [0.15, 0.2) is 5.66 Å². The Hall–Kier alpha value is -2.30. The molecular formula is C15H16F3N3O2. The third-order valence-electron chi connectivity index (χ3n) is 3.65. The van der Waals surface area contributed by atoms with Crippen LogP contribution >= 0.6 is 0 Å². The van der Waals surface area contributed by atoms with Gasteiger partial charge in [0.25, 0.3) is 0 Å². The SMILES string of the molecule is C#CCCC1(CCNC(=O)Cc2c(C(F)(F)F)coc2C)N=N1. The van der Waals surface area contributed by atoms with Crippen molar-refractivity contribution in [3.63, 3.8) is 0 Å². The first-order chi connectivity index (χ1) is 10.8. The van der Waals surface area contributed by atoms with Gasteiger partial charge in [-0.05, 0) is 6.92 Å². The molecule has 8 heteroatoms. The van der Waals surface area contributed by atoms with Gasteiger partial charge in [0.05, 0.1) is 12.0 Å². The van der Waals surface area contributed by atoms with Gasteiger partial charge in [0, 0.05) is 31.4 Å². The molecule has 0 aromatic carbocycles. The van der Waals surface area contributed by atoms with Gasteiger partial charge >= 0.3 is 6.18 Å². The molecule has 0 bridgehead atoms.